The number of ether oxygens (including phenoxy) is 1. The van der Waals surface area contributed by atoms with Crippen molar-refractivity contribution in [1.29, 1.82) is 0 Å². The molecule has 21 heavy (non-hydrogen) atoms. The second-order valence-corrected chi connectivity index (χ2v) is 4.99. The van der Waals surface area contributed by atoms with Crippen LogP contribution >= 0.6 is 11.6 Å². The van der Waals surface area contributed by atoms with Crippen molar-refractivity contribution in [3.05, 3.63) is 51.5 Å². The van der Waals surface area contributed by atoms with Gasteiger partial charge < -0.3 is 14.4 Å². The van der Waals surface area contributed by atoms with Crippen LogP contribution in [0.5, 0.6) is 11.6 Å². The minimum absolute atomic E-state index is 0.0392. The molecule has 0 fully saturated rings. The van der Waals surface area contributed by atoms with E-state index in [-0.39, 0.29) is 33.8 Å². The standard InChI is InChI=1S/C14H13ClN2O4/c1-8(2)17-6-5-16-12(13(17)18)21-9-3-4-11(15)10(7-9)14(19)20/h3-8H,1-2H3,(H,19,20). The summed E-state index contributed by atoms with van der Waals surface area (Å²) in [5, 5.41) is 9.10. The summed E-state index contributed by atoms with van der Waals surface area (Å²) in [7, 11) is 0. The van der Waals surface area contributed by atoms with Gasteiger partial charge >= 0.3 is 11.5 Å². The molecule has 0 aliphatic rings. The molecule has 1 N–H and O–H groups in total. The molecule has 0 bridgehead atoms. The van der Waals surface area contributed by atoms with Crippen molar-refractivity contribution >= 4 is 17.6 Å². The summed E-state index contributed by atoms with van der Waals surface area (Å²) < 4.78 is 6.85. The summed E-state index contributed by atoms with van der Waals surface area (Å²) in [6.45, 7) is 3.71. The van der Waals surface area contributed by atoms with Crippen LogP contribution in [0.25, 0.3) is 0 Å². The fourth-order valence-corrected chi connectivity index (χ4v) is 1.92. The molecule has 1 aromatic carbocycles. The number of hydrogen-bond donors (Lipinski definition) is 1. The van der Waals surface area contributed by atoms with Crippen LogP contribution in [0.2, 0.25) is 5.02 Å². The molecule has 7 heteroatoms. The molecule has 0 aliphatic heterocycles. The molecule has 0 atom stereocenters. The smallest absolute Gasteiger partial charge is 0.337 e. The highest BCUT2D eigenvalue weighted by molar-refractivity contribution is 6.33. The van der Waals surface area contributed by atoms with Gasteiger partial charge in [-0.05, 0) is 32.0 Å². The van der Waals surface area contributed by atoms with Gasteiger partial charge in [-0.1, -0.05) is 11.6 Å². The zero-order valence-corrected chi connectivity index (χ0v) is 12.2. The van der Waals surface area contributed by atoms with Crippen LogP contribution in [0.3, 0.4) is 0 Å². The van der Waals surface area contributed by atoms with Crippen molar-refractivity contribution in [3.8, 4) is 11.6 Å². The molecule has 0 aliphatic carbocycles. The molecule has 0 unspecified atom stereocenters. The van der Waals surface area contributed by atoms with Gasteiger partial charge in [-0.15, -0.1) is 0 Å². The van der Waals surface area contributed by atoms with Gasteiger partial charge in [-0.25, -0.2) is 9.78 Å². The first-order valence-electron chi connectivity index (χ1n) is 6.18. The lowest BCUT2D eigenvalue weighted by Gasteiger charge is -2.11. The van der Waals surface area contributed by atoms with E-state index < -0.39 is 5.97 Å². The van der Waals surface area contributed by atoms with E-state index in [1.165, 1.54) is 29.0 Å². The predicted molar refractivity (Wildman–Crippen MR) is 77.4 cm³/mol. The maximum Gasteiger partial charge on any atom is 0.337 e. The van der Waals surface area contributed by atoms with E-state index in [0.29, 0.717) is 0 Å². The zero-order valence-electron chi connectivity index (χ0n) is 11.4. The molecule has 0 spiro atoms. The van der Waals surface area contributed by atoms with Gasteiger partial charge in [0.1, 0.15) is 5.75 Å². The summed E-state index contributed by atoms with van der Waals surface area (Å²) in [4.78, 5) is 27.0. The highest BCUT2D eigenvalue weighted by Crippen LogP contribution is 2.24. The molecule has 0 radical (unpaired) electrons. The van der Waals surface area contributed by atoms with Gasteiger partial charge in [0.25, 0.3) is 5.88 Å². The summed E-state index contributed by atoms with van der Waals surface area (Å²) in [5.41, 5.74) is -0.492. The molecule has 0 saturated heterocycles. The topological polar surface area (TPSA) is 81.4 Å². The molecule has 2 rings (SSSR count). The van der Waals surface area contributed by atoms with Gasteiger partial charge in [0.15, 0.2) is 0 Å². The average Bonchev–Trinajstić information content (AvgIpc) is 2.42. The number of carboxylic acid groups (broad SMARTS) is 1. The van der Waals surface area contributed by atoms with Gasteiger partial charge in [0, 0.05) is 18.4 Å². The number of nitrogens with zero attached hydrogens (tertiary/aromatic N) is 2. The van der Waals surface area contributed by atoms with E-state index in [4.69, 9.17) is 21.4 Å². The monoisotopic (exact) mass is 308 g/mol. The Bertz CT molecular complexity index is 740. The minimum Gasteiger partial charge on any atom is -0.478 e. The number of carboxylic acids is 1. The van der Waals surface area contributed by atoms with Gasteiger partial charge in [0.2, 0.25) is 0 Å². The van der Waals surface area contributed by atoms with Crippen LogP contribution in [-0.4, -0.2) is 20.6 Å². The average molecular weight is 309 g/mol. The first-order valence-corrected chi connectivity index (χ1v) is 6.55. The number of hydrogen-bond acceptors (Lipinski definition) is 4. The molecule has 6 nitrogen and oxygen atoms in total. The first kappa shape index (κ1) is 15.1. The summed E-state index contributed by atoms with van der Waals surface area (Å²) in [6.07, 6.45) is 3.01. The summed E-state index contributed by atoms with van der Waals surface area (Å²) >= 11 is 5.77. The third-order valence-electron chi connectivity index (χ3n) is 2.78. The Morgan fingerprint density at radius 1 is 1.43 bits per heavy atom. The largest absolute Gasteiger partial charge is 0.478 e. The van der Waals surface area contributed by atoms with Crippen molar-refractivity contribution in [1.82, 2.24) is 9.55 Å². The van der Waals surface area contributed by atoms with Crippen LogP contribution in [0.4, 0.5) is 0 Å². The number of aromatic carboxylic acids is 1. The normalized spacial score (nSPS) is 10.7. The third-order valence-corrected chi connectivity index (χ3v) is 3.11. The Kier molecular flexibility index (Phi) is 4.28. The molecular weight excluding hydrogens is 296 g/mol. The highest BCUT2D eigenvalue weighted by atomic mass is 35.5. The van der Waals surface area contributed by atoms with E-state index in [1.807, 2.05) is 13.8 Å². The Morgan fingerprint density at radius 2 is 2.14 bits per heavy atom. The predicted octanol–water partition coefficient (Wildman–Crippen LogP) is 2.97. The number of rotatable bonds is 4. The van der Waals surface area contributed by atoms with Crippen molar-refractivity contribution in [3.63, 3.8) is 0 Å². The lowest BCUT2D eigenvalue weighted by molar-refractivity contribution is 0.0696. The SMILES string of the molecule is CC(C)n1ccnc(Oc2ccc(Cl)c(C(=O)O)c2)c1=O. The van der Waals surface area contributed by atoms with Crippen LogP contribution in [0.1, 0.15) is 30.2 Å². The first-order chi connectivity index (χ1) is 9.90. The van der Waals surface area contributed by atoms with E-state index in [0.717, 1.165) is 0 Å². The molecule has 2 aromatic rings. The molecule has 0 saturated carbocycles. The second kappa shape index (κ2) is 5.97. The van der Waals surface area contributed by atoms with E-state index >= 15 is 0 Å². The third kappa shape index (κ3) is 3.22. The Labute approximate surface area is 125 Å². The highest BCUT2D eigenvalue weighted by Gasteiger charge is 2.13. The summed E-state index contributed by atoms with van der Waals surface area (Å²) in [5.74, 6) is -1.11. The Hall–Kier alpha value is -2.34. The number of halogens is 1. The molecular formula is C14H13ClN2O4. The zero-order chi connectivity index (χ0) is 15.6. The lowest BCUT2D eigenvalue weighted by atomic mass is 10.2. The van der Waals surface area contributed by atoms with Crippen molar-refractivity contribution < 1.29 is 14.6 Å². The van der Waals surface area contributed by atoms with Crippen LogP contribution in [0, 0.1) is 0 Å². The van der Waals surface area contributed by atoms with Gasteiger partial charge in [-0.2, -0.15) is 0 Å². The maximum absolute atomic E-state index is 12.1. The van der Waals surface area contributed by atoms with E-state index in [1.54, 1.807) is 6.20 Å². The van der Waals surface area contributed by atoms with E-state index in [9.17, 15) is 9.59 Å². The quantitative estimate of drug-likeness (QED) is 0.939. The molecule has 0 amide bonds. The van der Waals surface area contributed by atoms with E-state index in [2.05, 4.69) is 4.98 Å². The second-order valence-electron chi connectivity index (χ2n) is 4.59. The Morgan fingerprint density at radius 3 is 2.76 bits per heavy atom. The number of carbonyl (C=O) groups is 1. The van der Waals surface area contributed by atoms with Crippen molar-refractivity contribution in [2.24, 2.45) is 0 Å². The molecule has 110 valence electrons. The van der Waals surface area contributed by atoms with Crippen LogP contribution < -0.4 is 10.3 Å². The fourth-order valence-electron chi connectivity index (χ4n) is 1.73. The maximum atomic E-state index is 12.1. The van der Waals surface area contributed by atoms with Crippen LogP contribution in [0.15, 0.2) is 35.4 Å². The van der Waals surface area contributed by atoms with Crippen LogP contribution in [-0.2, 0) is 0 Å². The fraction of sp³-hybridized carbons (Fsp3) is 0.214. The van der Waals surface area contributed by atoms with Crippen molar-refractivity contribution in [2.75, 3.05) is 0 Å². The summed E-state index contributed by atoms with van der Waals surface area (Å²) in [6, 6.07) is 4.08. The van der Waals surface area contributed by atoms with Gasteiger partial charge in [-0.3, -0.25) is 4.79 Å². The molecule has 1 heterocycles. The number of aromatic nitrogens is 2. The minimum atomic E-state index is -1.17. The number of benzene rings is 1. The Balaban J connectivity index is 2.39. The van der Waals surface area contributed by atoms with Gasteiger partial charge in [0.05, 0.1) is 10.6 Å². The lowest BCUT2D eigenvalue weighted by Crippen LogP contribution is -2.23. The van der Waals surface area contributed by atoms with Crippen molar-refractivity contribution in [2.45, 2.75) is 19.9 Å². The molecule has 1 aromatic heterocycles.